The van der Waals surface area contributed by atoms with Gasteiger partial charge in [0.15, 0.2) is 0 Å². The van der Waals surface area contributed by atoms with Crippen LogP contribution in [0.4, 0.5) is 5.69 Å². The van der Waals surface area contributed by atoms with Crippen LogP contribution in [-0.4, -0.2) is 25.2 Å². The van der Waals surface area contributed by atoms with Crippen LogP contribution in [0.2, 0.25) is 0 Å². The maximum Gasteiger partial charge on any atom is 0.227 e. The van der Waals surface area contributed by atoms with Crippen LogP contribution in [0.1, 0.15) is 25.8 Å². The molecule has 0 atom stereocenters. The second kappa shape index (κ2) is 6.52. The second-order valence-corrected chi connectivity index (χ2v) is 4.92. The third kappa shape index (κ3) is 4.85. The van der Waals surface area contributed by atoms with Crippen LogP contribution in [0.25, 0.3) is 0 Å². The summed E-state index contributed by atoms with van der Waals surface area (Å²) in [5, 5.41) is 2.85. The fourth-order valence-electron chi connectivity index (χ4n) is 1.59. The van der Waals surface area contributed by atoms with Gasteiger partial charge in [0.2, 0.25) is 5.91 Å². The van der Waals surface area contributed by atoms with Gasteiger partial charge < -0.3 is 15.8 Å². The highest BCUT2D eigenvalue weighted by atomic mass is 16.5. The molecule has 4 nitrogen and oxygen atoms in total. The standard InChI is InChI=1S/C14H22N2O2/c1-14(2,18-3)10-13(17)16-12-6-4-11(5-7-12)8-9-15/h4-7H,8-10,15H2,1-3H3,(H,16,17). The molecule has 3 N–H and O–H groups in total. The van der Waals surface area contributed by atoms with Crippen LogP contribution in [0.15, 0.2) is 24.3 Å². The number of nitrogens with two attached hydrogens (primary N) is 1. The van der Waals surface area contributed by atoms with Crippen LogP contribution in [0, 0.1) is 0 Å². The van der Waals surface area contributed by atoms with E-state index >= 15 is 0 Å². The molecule has 0 spiro atoms. The molecule has 0 fully saturated rings. The van der Waals surface area contributed by atoms with Crippen LogP contribution < -0.4 is 11.1 Å². The van der Waals surface area contributed by atoms with Gasteiger partial charge >= 0.3 is 0 Å². The molecule has 1 amide bonds. The van der Waals surface area contributed by atoms with E-state index in [-0.39, 0.29) is 5.91 Å². The summed E-state index contributed by atoms with van der Waals surface area (Å²) in [7, 11) is 1.61. The van der Waals surface area contributed by atoms with Gasteiger partial charge in [-0.05, 0) is 44.5 Å². The van der Waals surface area contributed by atoms with E-state index in [0.717, 1.165) is 12.1 Å². The van der Waals surface area contributed by atoms with Crippen molar-refractivity contribution in [2.45, 2.75) is 32.3 Å². The van der Waals surface area contributed by atoms with Crippen molar-refractivity contribution >= 4 is 11.6 Å². The number of hydrogen-bond acceptors (Lipinski definition) is 3. The van der Waals surface area contributed by atoms with Gasteiger partial charge in [-0.15, -0.1) is 0 Å². The summed E-state index contributed by atoms with van der Waals surface area (Å²) in [4.78, 5) is 11.8. The Labute approximate surface area is 109 Å². The number of nitrogens with one attached hydrogen (secondary N) is 1. The Kier molecular flexibility index (Phi) is 5.31. The first-order valence-electron chi connectivity index (χ1n) is 6.11. The predicted molar refractivity (Wildman–Crippen MR) is 73.5 cm³/mol. The topological polar surface area (TPSA) is 64.3 Å². The van der Waals surface area contributed by atoms with E-state index in [9.17, 15) is 4.79 Å². The molecular formula is C14H22N2O2. The highest BCUT2D eigenvalue weighted by Crippen LogP contribution is 2.15. The Morgan fingerprint density at radius 3 is 2.44 bits per heavy atom. The molecule has 0 aliphatic heterocycles. The van der Waals surface area contributed by atoms with E-state index in [2.05, 4.69) is 5.32 Å². The molecule has 100 valence electrons. The molecule has 0 unspecified atom stereocenters. The predicted octanol–water partition coefficient (Wildman–Crippen LogP) is 1.94. The van der Waals surface area contributed by atoms with E-state index in [1.807, 2.05) is 38.1 Å². The smallest absolute Gasteiger partial charge is 0.227 e. The molecule has 0 saturated heterocycles. The Bertz CT molecular complexity index is 385. The number of anilines is 1. The van der Waals surface area contributed by atoms with Gasteiger partial charge in [-0.3, -0.25) is 4.79 Å². The lowest BCUT2D eigenvalue weighted by Crippen LogP contribution is -2.29. The molecule has 1 aromatic carbocycles. The van der Waals surface area contributed by atoms with Gasteiger partial charge in [0.1, 0.15) is 0 Å². The number of amides is 1. The second-order valence-electron chi connectivity index (χ2n) is 4.92. The van der Waals surface area contributed by atoms with Crippen molar-refractivity contribution in [2.75, 3.05) is 19.0 Å². The summed E-state index contributed by atoms with van der Waals surface area (Å²) in [6.45, 7) is 4.40. The largest absolute Gasteiger partial charge is 0.378 e. The van der Waals surface area contributed by atoms with E-state index < -0.39 is 5.60 Å². The first kappa shape index (κ1) is 14.7. The van der Waals surface area contributed by atoms with E-state index in [4.69, 9.17) is 10.5 Å². The van der Waals surface area contributed by atoms with Crippen molar-refractivity contribution in [1.29, 1.82) is 0 Å². The number of rotatable bonds is 6. The molecular weight excluding hydrogens is 228 g/mol. The summed E-state index contributed by atoms with van der Waals surface area (Å²) in [5.74, 6) is -0.0478. The number of carbonyl (C=O) groups is 1. The van der Waals surface area contributed by atoms with Crippen LogP contribution in [0.5, 0.6) is 0 Å². The number of benzene rings is 1. The SMILES string of the molecule is COC(C)(C)CC(=O)Nc1ccc(CCN)cc1. The van der Waals surface area contributed by atoms with E-state index in [1.54, 1.807) is 7.11 Å². The van der Waals surface area contributed by atoms with Crippen molar-refractivity contribution < 1.29 is 9.53 Å². The molecule has 0 aliphatic rings. The van der Waals surface area contributed by atoms with Gasteiger partial charge in [-0.25, -0.2) is 0 Å². The van der Waals surface area contributed by atoms with Crippen molar-refractivity contribution in [3.8, 4) is 0 Å². The molecule has 0 bridgehead atoms. The average molecular weight is 250 g/mol. The normalized spacial score (nSPS) is 11.3. The van der Waals surface area contributed by atoms with E-state index in [0.29, 0.717) is 13.0 Å². The Hall–Kier alpha value is -1.39. The molecule has 0 saturated carbocycles. The Morgan fingerprint density at radius 1 is 1.33 bits per heavy atom. The monoisotopic (exact) mass is 250 g/mol. The summed E-state index contributed by atoms with van der Waals surface area (Å²) < 4.78 is 5.22. The average Bonchev–Trinajstić information content (AvgIpc) is 2.31. The minimum absolute atomic E-state index is 0.0478. The maximum atomic E-state index is 11.8. The molecule has 0 heterocycles. The Balaban J connectivity index is 2.54. The van der Waals surface area contributed by atoms with Crippen LogP contribution >= 0.6 is 0 Å². The zero-order valence-electron chi connectivity index (χ0n) is 11.3. The fraction of sp³-hybridized carbons (Fsp3) is 0.500. The van der Waals surface area contributed by atoms with E-state index in [1.165, 1.54) is 5.56 Å². The van der Waals surface area contributed by atoms with Gasteiger partial charge in [-0.2, -0.15) is 0 Å². The first-order chi connectivity index (χ1) is 8.46. The zero-order chi connectivity index (χ0) is 13.6. The van der Waals surface area contributed by atoms with Crippen molar-refractivity contribution in [3.63, 3.8) is 0 Å². The maximum absolute atomic E-state index is 11.8. The van der Waals surface area contributed by atoms with Crippen molar-refractivity contribution in [3.05, 3.63) is 29.8 Å². The minimum atomic E-state index is -0.441. The molecule has 0 radical (unpaired) electrons. The molecule has 18 heavy (non-hydrogen) atoms. The molecule has 0 aliphatic carbocycles. The lowest BCUT2D eigenvalue weighted by Gasteiger charge is -2.21. The molecule has 1 aromatic rings. The first-order valence-corrected chi connectivity index (χ1v) is 6.11. The lowest BCUT2D eigenvalue weighted by molar-refractivity contribution is -0.121. The summed E-state index contributed by atoms with van der Waals surface area (Å²) in [5.41, 5.74) is 7.01. The fourth-order valence-corrected chi connectivity index (χ4v) is 1.59. The van der Waals surface area contributed by atoms with Crippen molar-refractivity contribution in [2.24, 2.45) is 5.73 Å². The van der Waals surface area contributed by atoms with Gasteiger partial charge in [0, 0.05) is 12.8 Å². The minimum Gasteiger partial charge on any atom is -0.378 e. The summed E-state index contributed by atoms with van der Waals surface area (Å²) in [6, 6.07) is 7.74. The lowest BCUT2D eigenvalue weighted by atomic mass is 10.0. The molecule has 4 heteroatoms. The molecule has 0 aromatic heterocycles. The number of hydrogen-bond donors (Lipinski definition) is 2. The summed E-state index contributed by atoms with van der Waals surface area (Å²) >= 11 is 0. The highest BCUT2D eigenvalue weighted by Gasteiger charge is 2.20. The summed E-state index contributed by atoms with van der Waals surface area (Å²) in [6.07, 6.45) is 1.18. The Morgan fingerprint density at radius 2 is 1.94 bits per heavy atom. The van der Waals surface area contributed by atoms with Crippen molar-refractivity contribution in [1.82, 2.24) is 0 Å². The third-order valence-corrected chi connectivity index (χ3v) is 2.81. The van der Waals surface area contributed by atoms with Crippen LogP contribution in [-0.2, 0) is 16.0 Å². The number of carbonyl (C=O) groups excluding carboxylic acids is 1. The highest BCUT2D eigenvalue weighted by molar-refractivity contribution is 5.91. The zero-order valence-corrected chi connectivity index (χ0v) is 11.3. The van der Waals surface area contributed by atoms with Gasteiger partial charge in [0.25, 0.3) is 0 Å². The van der Waals surface area contributed by atoms with Gasteiger partial charge in [0.05, 0.1) is 12.0 Å². The quantitative estimate of drug-likeness (QED) is 0.811. The van der Waals surface area contributed by atoms with Crippen LogP contribution in [0.3, 0.4) is 0 Å². The number of ether oxygens (including phenoxy) is 1. The third-order valence-electron chi connectivity index (χ3n) is 2.81. The number of methoxy groups -OCH3 is 1. The molecule has 1 rings (SSSR count). The van der Waals surface area contributed by atoms with Gasteiger partial charge in [-0.1, -0.05) is 12.1 Å².